The van der Waals surface area contributed by atoms with Gasteiger partial charge in [-0.15, -0.1) is 0 Å². The van der Waals surface area contributed by atoms with E-state index in [1.165, 1.54) is 19.3 Å². The number of ether oxygens (including phenoxy) is 2. The molecule has 7 nitrogen and oxygen atoms in total. The van der Waals surface area contributed by atoms with Gasteiger partial charge in [-0.2, -0.15) is 0 Å². The Labute approximate surface area is 217 Å². The number of nitrogens with two attached hydrogens (primary N) is 1. The standard InChI is InChI=1S/C28H34ClN3O4/c29-23-11-5-19(14-24(23)32-28(34)20-6-12-25-26(15-20)36-16-35-25)27(33)31-22-9-3-18(4-10-22)13-17-1-7-21(30)8-2-17/h5-6,11-12,14-15,17-18,21-22H,1-4,7-10,13,16,30H2,(H,31,33)(H,32,34). The summed E-state index contributed by atoms with van der Waals surface area (Å²) in [6.07, 6.45) is 10.5. The third-order valence-electron chi connectivity index (χ3n) is 7.85. The van der Waals surface area contributed by atoms with Crippen molar-refractivity contribution >= 4 is 29.1 Å². The molecule has 4 N–H and O–H groups in total. The van der Waals surface area contributed by atoms with Crippen molar-refractivity contribution in [3.63, 3.8) is 0 Å². The lowest BCUT2D eigenvalue weighted by Crippen LogP contribution is -2.38. The molecule has 8 heteroatoms. The number of anilines is 1. The summed E-state index contributed by atoms with van der Waals surface area (Å²) >= 11 is 6.32. The van der Waals surface area contributed by atoms with Gasteiger partial charge in [-0.3, -0.25) is 9.59 Å². The maximum atomic E-state index is 13.0. The zero-order valence-corrected chi connectivity index (χ0v) is 21.2. The average molecular weight is 512 g/mol. The number of benzene rings is 2. The summed E-state index contributed by atoms with van der Waals surface area (Å²) in [5.41, 5.74) is 7.33. The van der Waals surface area contributed by atoms with Crippen molar-refractivity contribution in [3.05, 3.63) is 52.5 Å². The summed E-state index contributed by atoms with van der Waals surface area (Å²) < 4.78 is 10.6. The first kappa shape index (κ1) is 24.9. The first-order chi connectivity index (χ1) is 17.4. The van der Waals surface area contributed by atoms with Gasteiger partial charge in [0.05, 0.1) is 10.7 Å². The highest BCUT2D eigenvalue weighted by Crippen LogP contribution is 2.36. The second kappa shape index (κ2) is 11.1. The minimum Gasteiger partial charge on any atom is -0.454 e. The molecule has 2 saturated carbocycles. The summed E-state index contributed by atoms with van der Waals surface area (Å²) in [7, 11) is 0. The van der Waals surface area contributed by atoms with Gasteiger partial charge in [0, 0.05) is 23.2 Å². The predicted molar refractivity (Wildman–Crippen MR) is 140 cm³/mol. The highest BCUT2D eigenvalue weighted by Gasteiger charge is 2.27. The van der Waals surface area contributed by atoms with Crippen LogP contribution in [-0.4, -0.2) is 30.7 Å². The fourth-order valence-electron chi connectivity index (χ4n) is 5.70. The normalized spacial score (nSPS) is 25.3. The Morgan fingerprint density at radius 1 is 0.833 bits per heavy atom. The van der Waals surface area contributed by atoms with Crippen LogP contribution in [0.2, 0.25) is 5.02 Å². The average Bonchev–Trinajstić information content (AvgIpc) is 3.36. The predicted octanol–water partition coefficient (Wildman–Crippen LogP) is 5.52. The molecule has 0 spiro atoms. The molecular formula is C28H34ClN3O4. The molecule has 0 aromatic heterocycles. The van der Waals surface area contributed by atoms with Gasteiger partial charge in [0.15, 0.2) is 11.5 Å². The van der Waals surface area contributed by atoms with E-state index in [1.807, 2.05) is 0 Å². The van der Waals surface area contributed by atoms with E-state index in [4.69, 9.17) is 26.8 Å². The van der Waals surface area contributed by atoms with Crippen LogP contribution in [0.3, 0.4) is 0 Å². The molecule has 5 rings (SSSR count). The number of carbonyl (C=O) groups excluding carboxylic acids is 2. The lowest BCUT2D eigenvalue weighted by molar-refractivity contribution is 0.0917. The van der Waals surface area contributed by atoms with E-state index in [2.05, 4.69) is 10.6 Å². The topological polar surface area (TPSA) is 103 Å². The largest absolute Gasteiger partial charge is 0.454 e. The first-order valence-electron chi connectivity index (χ1n) is 13.0. The van der Waals surface area contributed by atoms with Crippen LogP contribution in [0.15, 0.2) is 36.4 Å². The Morgan fingerprint density at radius 3 is 2.22 bits per heavy atom. The molecule has 2 aromatic carbocycles. The van der Waals surface area contributed by atoms with Gasteiger partial charge in [-0.25, -0.2) is 0 Å². The Bertz CT molecular complexity index is 1110. The van der Waals surface area contributed by atoms with E-state index in [0.717, 1.165) is 50.4 Å². The number of carbonyl (C=O) groups is 2. The molecule has 192 valence electrons. The quantitative estimate of drug-likeness (QED) is 0.474. The number of hydrogen-bond acceptors (Lipinski definition) is 5. The van der Waals surface area contributed by atoms with Crippen LogP contribution >= 0.6 is 11.6 Å². The minimum absolute atomic E-state index is 0.140. The lowest BCUT2D eigenvalue weighted by atomic mass is 9.76. The molecule has 1 aliphatic heterocycles. The van der Waals surface area contributed by atoms with E-state index in [0.29, 0.717) is 39.4 Å². The Morgan fingerprint density at radius 2 is 1.47 bits per heavy atom. The van der Waals surface area contributed by atoms with Crippen molar-refractivity contribution in [1.29, 1.82) is 0 Å². The van der Waals surface area contributed by atoms with Gasteiger partial charge in [0.1, 0.15) is 0 Å². The van der Waals surface area contributed by atoms with Crippen molar-refractivity contribution in [2.75, 3.05) is 12.1 Å². The summed E-state index contributed by atoms with van der Waals surface area (Å²) in [5, 5.41) is 6.36. The molecule has 1 heterocycles. The molecule has 2 aliphatic carbocycles. The molecule has 0 bridgehead atoms. The van der Waals surface area contributed by atoms with Crippen LogP contribution in [0.25, 0.3) is 0 Å². The number of hydrogen-bond donors (Lipinski definition) is 3. The number of rotatable bonds is 6. The first-order valence-corrected chi connectivity index (χ1v) is 13.4. The fraction of sp³-hybridized carbons (Fsp3) is 0.500. The fourth-order valence-corrected chi connectivity index (χ4v) is 5.87. The number of halogens is 1. The second-order valence-electron chi connectivity index (χ2n) is 10.4. The van der Waals surface area contributed by atoms with Crippen LogP contribution in [0, 0.1) is 11.8 Å². The van der Waals surface area contributed by atoms with E-state index >= 15 is 0 Å². The third kappa shape index (κ3) is 5.95. The highest BCUT2D eigenvalue weighted by molar-refractivity contribution is 6.34. The maximum Gasteiger partial charge on any atom is 0.255 e. The van der Waals surface area contributed by atoms with Crippen molar-refractivity contribution < 1.29 is 19.1 Å². The van der Waals surface area contributed by atoms with Gasteiger partial charge in [-0.05, 0) is 106 Å². The number of amides is 2. The molecule has 2 fully saturated rings. The molecular weight excluding hydrogens is 478 g/mol. The van der Waals surface area contributed by atoms with E-state index < -0.39 is 0 Å². The molecule has 0 atom stereocenters. The molecule has 36 heavy (non-hydrogen) atoms. The van der Waals surface area contributed by atoms with Gasteiger partial charge >= 0.3 is 0 Å². The lowest BCUT2D eigenvalue weighted by Gasteiger charge is -2.33. The molecule has 3 aliphatic rings. The summed E-state index contributed by atoms with van der Waals surface area (Å²) in [5.74, 6) is 2.23. The smallest absolute Gasteiger partial charge is 0.255 e. The summed E-state index contributed by atoms with van der Waals surface area (Å²) in [6, 6.07) is 10.5. The summed E-state index contributed by atoms with van der Waals surface area (Å²) in [4.78, 5) is 25.8. The zero-order valence-electron chi connectivity index (χ0n) is 20.4. The SMILES string of the molecule is NC1CCC(CC2CCC(NC(=O)c3ccc(Cl)c(NC(=O)c4ccc5c(c4)OCO5)c3)CC2)CC1. The molecule has 0 unspecified atom stereocenters. The maximum absolute atomic E-state index is 13.0. The Hall–Kier alpha value is -2.77. The van der Waals surface area contributed by atoms with Gasteiger partial charge in [0.2, 0.25) is 6.79 Å². The number of nitrogens with one attached hydrogen (secondary N) is 2. The van der Waals surface area contributed by atoms with Gasteiger partial charge in [-0.1, -0.05) is 11.6 Å². The molecule has 2 amide bonds. The Kier molecular flexibility index (Phi) is 7.67. The van der Waals surface area contributed by atoms with Crippen molar-refractivity contribution in [2.24, 2.45) is 17.6 Å². The highest BCUT2D eigenvalue weighted by atomic mass is 35.5. The van der Waals surface area contributed by atoms with Crippen molar-refractivity contribution in [2.45, 2.75) is 69.9 Å². The molecule has 2 aromatic rings. The van der Waals surface area contributed by atoms with Gasteiger partial charge in [0.25, 0.3) is 11.8 Å². The van der Waals surface area contributed by atoms with Crippen molar-refractivity contribution in [3.8, 4) is 11.5 Å². The molecule has 0 saturated heterocycles. The second-order valence-corrected chi connectivity index (χ2v) is 10.8. The van der Waals surface area contributed by atoms with Crippen LogP contribution in [0.4, 0.5) is 5.69 Å². The van der Waals surface area contributed by atoms with Crippen LogP contribution in [0.1, 0.15) is 78.5 Å². The Balaban J connectivity index is 1.14. The minimum atomic E-state index is -0.342. The molecule has 0 radical (unpaired) electrons. The van der Waals surface area contributed by atoms with E-state index in [1.54, 1.807) is 36.4 Å². The van der Waals surface area contributed by atoms with Crippen molar-refractivity contribution in [1.82, 2.24) is 5.32 Å². The van der Waals surface area contributed by atoms with E-state index in [-0.39, 0.29) is 24.6 Å². The monoisotopic (exact) mass is 511 g/mol. The third-order valence-corrected chi connectivity index (χ3v) is 8.18. The zero-order chi connectivity index (χ0) is 25.1. The van der Waals surface area contributed by atoms with Crippen LogP contribution < -0.4 is 25.8 Å². The van der Waals surface area contributed by atoms with E-state index in [9.17, 15) is 9.59 Å². The summed E-state index contributed by atoms with van der Waals surface area (Å²) in [6.45, 7) is 0.140. The van der Waals surface area contributed by atoms with Crippen LogP contribution in [-0.2, 0) is 0 Å². The number of fused-ring (bicyclic) bond motifs is 1. The van der Waals surface area contributed by atoms with Gasteiger partial charge < -0.3 is 25.8 Å². The van der Waals surface area contributed by atoms with Crippen LogP contribution in [0.5, 0.6) is 11.5 Å².